The summed E-state index contributed by atoms with van der Waals surface area (Å²) in [6, 6.07) is 1.03. The number of hydrogen-bond donors (Lipinski definition) is 2. The van der Waals surface area contributed by atoms with Crippen LogP contribution in [0, 0.1) is 0 Å². The van der Waals surface area contributed by atoms with E-state index in [9.17, 15) is 9.59 Å². The maximum atomic E-state index is 12.0. The van der Waals surface area contributed by atoms with Gasteiger partial charge < -0.3 is 20.5 Å². The van der Waals surface area contributed by atoms with Gasteiger partial charge >= 0.3 is 6.03 Å². The van der Waals surface area contributed by atoms with E-state index in [0.717, 1.165) is 12.2 Å². The zero-order valence-corrected chi connectivity index (χ0v) is 11.8. The number of hydrogen-bond acceptors (Lipinski definition) is 4. The van der Waals surface area contributed by atoms with Gasteiger partial charge in [0.25, 0.3) is 0 Å². The van der Waals surface area contributed by atoms with E-state index in [4.69, 9.17) is 10.3 Å². The van der Waals surface area contributed by atoms with Crippen molar-refractivity contribution in [2.75, 3.05) is 6.54 Å². The molecule has 0 radical (unpaired) electrons. The Balaban J connectivity index is 1.89. The number of amides is 3. The highest BCUT2D eigenvalue weighted by molar-refractivity contribution is 5.86. The number of nitrogens with one attached hydrogen (secondary N) is 1. The van der Waals surface area contributed by atoms with Crippen LogP contribution < -0.4 is 11.1 Å². The molecule has 110 valence electrons. The van der Waals surface area contributed by atoms with Crippen LogP contribution in [0.25, 0.3) is 0 Å². The summed E-state index contributed by atoms with van der Waals surface area (Å²) >= 11 is 0. The molecule has 0 aliphatic carbocycles. The Hall–Kier alpha value is -2.05. The maximum Gasteiger partial charge on any atom is 0.318 e. The number of rotatable bonds is 4. The van der Waals surface area contributed by atoms with Crippen LogP contribution in [0.15, 0.2) is 10.6 Å². The predicted octanol–water partition coefficient (Wildman–Crippen LogP) is 0.957. The molecular weight excluding hydrogens is 260 g/mol. The van der Waals surface area contributed by atoms with Crippen molar-refractivity contribution in [1.29, 1.82) is 0 Å². The first-order chi connectivity index (χ1) is 9.49. The minimum absolute atomic E-state index is 0.254. The second-order valence-corrected chi connectivity index (χ2v) is 5.29. The monoisotopic (exact) mass is 280 g/mol. The Bertz CT molecular complexity index is 498. The molecule has 2 rings (SSSR count). The van der Waals surface area contributed by atoms with Gasteiger partial charge in [-0.25, -0.2) is 4.79 Å². The van der Waals surface area contributed by atoms with Crippen LogP contribution in [0.2, 0.25) is 0 Å². The van der Waals surface area contributed by atoms with Gasteiger partial charge in [-0.1, -0.05) is 19.0 Å². The van der Waals surface area contributed by atoms with Gasteiger partial charge in [0.1, 0.15) is 17.5 Å². The molecule has 0 bridgehead atoms. The third-order valence-electron chi connectivity index (χ3n) is 3.41. The van der Waals surface area contributed by atoms with Gasteiger partial charge in [-0.05, 0) is 12.8 Å². The molecule has 20 heavy (non-hydrogen) atoms. The molecule has 1 aromatic heterocycles. The second kappa shape index (κ2) is 5.94. The molecule has 1 aromatic rings. The molecule has 3 amide bonds. The molecule has 1 saturated heterocycles. The van der Waals surface area contributed by atoms with E-state index >= 15 is 0 Å². The minimum Gasteiger partial charge on any atom is -0.368 e. The highest BCUT2D eigenvalue weighted by Gasteiger charge is 2.32. The normalized spacial score (nSPS) is 18.6. The zero-order chi connectivity index (χ0) is 14.7. The van der Waals surface area contributed by atoms with Crippen LogP contribution >= 0.6 is 0 Å². The topological polar surface area (TPSA) is 101 Å². The average Bonchev–Trinajstić information content (AvgIpc) is 3.04. The lowest BCUT2D eigenvalue weighted by molar-refractivity contribution is -0.121. The quantitative estimate of drug-likeness (QED) is 0.857. The molecule has 0 saturated carbocycles. The first kappa shape index (κ1) is 14.4. The molecular formula is C13H20N4O3. The van der Waals surface area contributed by atoms with E-state index < -0.39 is 11.9 Å². The van der Waals surface area contributed by atoms with Crippen molar-refractivity contribution in [3.05, 3.63) is 17.5 Å². The van der Waals surface area contributed by atoms with Crippen molar-refractivity contribution in [3.63, 3.8) is 0 Å². The fourth-order valence-corrected chi connectivity index (χ4v) is 2.26. The predicted molar refractivity (Wildman–Crippen MR) is 71.8 cm³/mol. The van der Waals surface area contributed by atoms with Gasteiger partial charge in [0.15, 0.2) is 0 Å². The van der Waals surface area contributed by atoms with Crippen LogP contribution in [0.1, 0.15) is 44.1 Å². The van der Waals surface area contributed by atoms with Crippen molar-refractivity contribution in [2.45, 2.75) is 45.2 Å². The second-order valence-electron chi connectivity index (χ2n) is 5.29. The Kier molecular flexibility index (Phi) is 4.26. The third-order valence-corrected chi connectivity index (χ3v) is 3.41. The molecule has 1 fully saturated rings. The summed E-state index contributed by atoms with van der Waals surface area (Å²) in [7, 11) is 0. The highest BCUT2D eigenvalue weighted by atomic mass is 16.5. The number of aromatic nitrogens is 1. The van der Waals surface area contributed by atoms with Crippen molar-refractivity contribution in [1.82, 2.24) is 15.4 Å². The molecule has 1 aliphatic rings. The zero-order valence-electron chi connectivity index (χ0n) is 11.8. The van der Waals surface area contributed by atoms with Crippen molar-refractivity contribution in [3.8, 4) is 0 Å². The number of primary amides is 1. The van der Waals surface area contributed by atoms with Gasteiger partial charge in [0.05, 0.1) is 6.54 Å². The van der Waals surface area contributed by atoms with E-state index in [2.05, 4.69) is 10.5 Å². The molecule has 1 atom stereocenters. The summed E-state index contributed by atoms with van der Waals surface area (Å²) < 4.78 is 5.15. The van der Waals surface area contributed by atoms with Crippen LogP contribution in [0.5, 0.6) is 0 Å². The van der Waals surface area contributed by atoms with Crippen molar-refractivity contribution >= 4 is 11.9 Å². The molecule has 0 unspecified atom stereocenters. The van der Waals surface area contributed by atoms with Gasteiger partial charge in [-0.15, -0.1) is 0 Å². The lowest BCUT2D eigenvalue weighted by Crippen LogP contribution is -2.47. The van der Waals surface area contributed by atoms with E-state index in [1.165, 1.54) is 4.90 Å². The first-order valence-corrected chi connectivity index (χ1v) is 6.78. The minimum atomic E-state index is -0.501. The number of carbonyl (C=O) groups excluding carboxylic acids is 2. The molecule has 0 aromatic carbocycles. The summed E-state index contributed by atoms with van der Waals surface area (Å²) in [6.45, 7) is 4.83. The Morgan fingerprint density at radius 1 is 1.60 bits per heavy atom. The summed E-state index contributed by atoms with van der Waals surface area (Å²) in [6.07, 6.45) is 1.42. The van der Waals surface area contributed by atoms with Crippen molar-refractivity contribution < 1.29 is 14.1 Å². The van der Waals surface area contributed by atoms with Crippen LogP contribution in [0.4, 0.5) is 4.79 Å². The summed E-state index contributed by atoms with van der Waals surface area (Å²) in [4.78, 5) is 24.7. The van der Waals surface area contributed by atoms with E-state index in [1.807, 2.05) is 19.9 Å². The maximum absolute atomic E-state index is 12.0. The van der Waals surface area contributed by atoms with Gasteiger partial charge in [0.2, 0.25) is 5.91 Å². The summed E-state index contributed by atoms with van der Waals surface area (Å²) in [5.41, 5.74) is 5.95. The fourth-order valence-electron chi connectivity index (χ4n) is 2.26. The Morgan fingerprint density at radius 3 is 2.95 bits per heavy atom. The molecule has 7 nitrogen and oxygen atoms in total. The van der Waals surface area contributed by atoms with Crippen molar-refractivity contribution in [2.24, 2.45) is 5.73 Å². The van der Waals surface area contributed by atoms with E-state index in [-0.39, 0.29) is 18.5 Å². The Morgan fingerprint density at radius 2 is 2.35 bits per heavy atom. The lowest BCUT2D eigenvalue weighted by Gasteiger charge is -2.22. The number of carbonyl (C=O) groups is 2. The van der Waals surface area contributed by atoms with Gasteiger partial charge in [-0.2, -0.15) is 0 Å². The lowest BCUT2D eigenvalue weighted by atomic mass is 10.1. The van der Waals surface area contributed by atoms with Crippen LogP contribution in [-0.2, 0) is 11.3 Å². The summed E-state index contributed by atoms with van der Waals surface area (Å²) in [5, 5.41) is 6.62. The molecule has 2 heterocycles. The number of urea groups is 1. The molecule has 1 aliphatic heterocycles. The number of nitrogens with two attached hydrogens (primary N) is 1. The van der Waals surface area contributed by atoms with E-state index in [0.29, 0.717) is 18.7 Å². The number of likely N-dealkylation sites (tertiary alicyclic amines) is 1. The average molecular weight is 280 g/mol. The van der Waals surface area contributed by atoms with E-state index in [1.54, 1.807) is 0 Å². The SMILES string of the molecule is CC(C)c1cc(CNC(=O)N2CCC[C@@H]2C(N)=O)no1. The van der Waals surface area contributed by atoms with Crippen LogP contribution in [0.3, 0.4) is 0 Å². The van der Waals surface area contributed by atoms with Crippen LogP contribution in [-0.4, -0.2) is 34.6 Å². The fraction of sp³-hybridized carbons (Fsp3) is 0.615. The standard InChI is InChI=1S/C13H20N4O3/c1-8(2)11-6-9(16-20-11)7-15-13(19)17-5-3-4-10(17)12(14)18/h6,8,10H,3-5,7H2,1-2H3,(H2,14,18)(H,15,19)/t10-/m1/s1. The molecule has 7 heteroatoms. The largest absolute Gasteiger partial charge is 0.368 e. The van der Waals surface area contributed by atoms with Gasteiger partial charge in [0, 0.05) is 18.5 Å². The summed E-state index contributed by atoms with van der Waals surface area (Å²) in [5.74, 6) is 0.580. The molecule has 3 N–H and O–H groups in total. The first-order valence-electron chi connectivity index (χ1n) is 6.78. The molecule has 0 spiro atoms. The Labute approximate surface area is 117 Å². The highest BCUT2D eigenvalue weighted by Crippen LogP contribution is 2.17. The number of nitrogens with zero attached hydrogens (tertiary/aromatic N) is 2. The smallest absolute Gasteiger partial charge is 0.318 e. The van der Waals surface area contributed by atoms with Gasteiger partial charge in [-0.3, -0.25) is 4.79 Å². The third kappa shape index (κ3) is 3.09.